The van der Waals surface area contributed by atoms with E-state index in [2.05, 4.69) is 5.10 Å². The molecule has 126 valence electrons. The summed E-state index contributed by atoms with van der Waals surface area (Å²) in [6.07, 6.45) is 0. The minimum absolute atomic E-state index is 0.0207. The standard InChI is InChI=1S/C19H16N2O4/c1-13(22)12-25-19(24)17-15-9-5-6-10-16(15)18(23)21(20-17)11-14-7-3-2-4-8-14/h2-10H,11-12H2,1H3. The van der Waals surface area contributed by atoms with E-state index in [-0.39, 0.29) is 30.2 Å². The van der Waals surface area contributed by atoms with Crippen molar-refractivity contribution >= 4 is 22.5 Å². The van der Waals surface area contributed by atoms with E-state index >= 15 is 0 Å². The Kier molecular flexibility index (Phi) is 4.70. The van der Waals surface area contributed by atoms with Gasteiger partial charge >= 0.3 is 5.97 Å². The molecule has 0 amide bonds. The number of nitrogens with zero attached hydrogens (tertiary/aromatic N) is 2. The molecule has 0 aliphatic rings. The summed E-state index contributed by atoms with van der Waals surface area (Å²) in [5.41, 5.74) is 0.616. The molecule has 0 spiro atoms. The summed E-state index contributed by atoms with van der Waals surface area (Å²) in [7, 11) is 0. The van der Waals surface area contributed by atoms with E-state index in [9.17, 15) is 14.4 Å². The summed E-state index contributed by atoms with van der Waals surface area (Å²) in [4.78, 5) is 36.0. The zero-order chi connectivity index (χ0) is 17.8. The lowest BCUT2D eigenvalue weighted by Gasteiger charge is -2.10. The van der Waals surface area contributed by atoms with Crippen molar-refractivity contribution in [2.75, 3.05) is 6.61 Å². The van der Waals surface area contributed by atoms with E-state index in [4.69, 9.17) is 4.74 Å². The molecule has 1 heterocycles. The summed E-state index contributed by atoms with van der Waals surface area (Å²) in [5.74, 6) is -0.997. The number of hydrogen-bond donors (Lipinski definition) is 0. The van der Waals surface area contributed by atoms with Gasteiger partial charge in [0.05, 0.1) is 11.9 Å². The molecule has 0 radical (unpaired) electrons. The van der Waals surface area contributed by atoms with Crippen LogP contribution in [-0.4, -0.2) is 28.1 Å². The Morgan fingerprint density at radius 3 is 2.32 bits per heavy atom. The third-order valence-corrected chi connectivity index (χ3v) is 3.64. The van der Waals surface area contributed by atoms with Crippen molar-refractivity contribution in [1.29, 1.82) is 0 Å². The molecule has 0 saturated heterocycles. The highest BCUT2D eigenvalue weighted by molar-refractivity contribution is 6.02. The van der Waals surface area contributed by atoms with E-state index in [0.29, 0.717) is 10.8 Å². The molecule has 1 aromatic heterocycles. The Morgan fingerprint density at radius 2 is 1.64 bits per heavy atom. The van der Waals surface area contributed by atoms with Gasteiger partial charge < -0.3 is 4.74 Å². The molecule has 3 aromatic rings. The van der Waals surface area contributed by atoms with Crippen LogP contribution in [0.2, 0.25) is 0 Å². The van der Waals surface area contributed by atoms with Gasteiger partial charge in [-0.3, -0.25) is 9.59 Å². The summed E-state index contributed by atoms with van der Waals surface area (Å²) in [6, 6.07) is 16.1. The summed E-state index contributed by atoms with van der Waals surface area (Å²) in [5, 5.41) is 4.98. The number of aromatic nitrogens is 2. The van der Waals surface area contributed by atoms with Crippen molar-refractivity contribution in [1.82, 2.24) is 9.78 Å². The van der Waals surface area contributed by atoms with Crippen molar-refractivity contribution in [3.63, 3.8) is 0 Å². The summed E-state index contributed by atoms with van der Waals surface area (Å²) >= 11 is 0. The lowest BCUT2D eigenvalue weighted by Crippen LogP contribution is -2.27. The Labute approximate surface area is 143 Å². The fourth-order valence-electron chi connectivity index (χ4n) is 2.48. The van der Waals surface area contributed by atoms with Crippen molar-refractivity contribution in [2.45, 2.75) is 13.5 Å². The first-order valence-corrected chi connectivity index (χ1v) is 7.76. The fraction of sp³-hybridized carbons (Fsp3) is 0.158. The van der Waals surface area contributed by atoms with Crippen LogP contribution in [0.15, 0.2) is 59.4 Å². The highest BCUT2D eigenvalue weighted by Gasteiger charge is 2.18. The number of hydrogen-bond acceptors (Lipinski definition) is 5. The molecule has 3 rings (SSSR count). The number of rotatable bonds is 5. The minimum Gasteiger partial charge on any atom is -0.453 e. The Morgan fingerprint density at radius 1 is 1.00 bits per heavy atom. The second-order valence-corrected chi connectivity index (χ2v) is 5.62. The lowest BCUT2D eigenvalue weighted by atomic mass is 10.1. The van der Waals surface area contributed by atoms with Gasteiger partial charge in [-0.05, 0) is 18.6 Å². The molecule has 0 aliphatic heterocycles. The molecule has 0 atom stereocenters. The molecule has 0 fully saturated rings. The van der Waals surface area contributed by atoms with Crippen LogP contribution in [0, 0.1) is 0 Å². The molecule has 0 bridgehead atoms. The first-order valence-electron chi connectivity index (χ1n) is 7.76. The van der Waals surface area contributed by atoms with E-state index in [1.807, 2.05) is 30.3 Å². The topological polar surface area (TPSA) is 78.3 Å². The number of Topliss-reactive ketones (excluding diaryl/α,β-unsaturated/α-hetero) is 1. The SMILES string of the molecule is CC(=O)COC(=O)c1nn(Cc2ccccc2)c(=O)c2ccccc12. The Bertz CT molecular complexity index is 993. The van der Waals surface area contributed by atoms with Gasteiger partial charge in [-0.25, -0.2) is 9.48 Å². The molecule has 2 aromatic carbocycles. The second kappa shape index (κ2) is 7.09. The number of esters is 1. The summed E-state index contributed by atoms with van der Waals surface area (Å²) < 4.78 is 6.21. The Balaban J connectivity index is 2.09. The minimum atomic E-state index is -0.729. The van der Waals surface area contributed by atoms with Gasteiger partial charge in [0.2, 0.25) is 0 Å². The zero-order valence-corrected chi connectivity index (χ0v) is 13.6. The highest BCUT2D eigenvalue weighted by Crippen LogP contribution is 2.15. The maximum absolute atomic E-state index is 12.7. The van der Waals surface area contributed by atoms with Gasteiger partial charge in [-0.1, -0.05) is 48.5 Å². The maximum Gasteiger partial charge on any atom is 0.359 e. The number of ketones is 1. The van der Waals surface area contributed by atoms with Gasteiger partial charge in [-0.2, -0.15) is 5.10 Å². The molecule has 6 nitrogen and oxygen atoms in total. The van der Waals surface area contributed by atoms with Crippen LogP contribution in [-0.2, 0) is 16.1 Å². The lowest BCUT2D eigenvalue weighted by molar-refractivity contribution is -0.120. The normalized spacial score (nSPS) is 10.6. The van der Waals surface area contributed by atoms with Crippen molar-refractivity contribution in [3.8, 4) is 0 Å². The predicted molar refractivity (Wildman–Crippen MR) is 92.5 cm³/mol. The van der Waals surface area contributed by atoms with Gasteiger partial charge in [-0.15, -0.1) is 0 Å². The number of carbonyl (C=O) groups excluding carboxylic acids is 2. The quantitative estimate of drug-likeness (QED) is 0.667. The first-order chi connectivity index (χ1) is 12.1. The van der Waals surface area contributed by atoms with Crippen molar-refractivity contribution in [2.24, 2.45) is 0 Å². The molecule has 0 N–H and O–H groups in total. The van der Waals surface area contributed by atoms with Crippen LogP contribution < -0.4 is 5.56 Å². The van der Waals surface area contributed by atoms with Crippen LogP contribution in [0.5, 0.6) is 0 Å². The average molecular weight is 336 g/mol. The van der Waals surface area contributed by atoms with Crippen LogP contribution in [0.25, 0.3) is 10.8 Å². The predicted octanol–water partition coefficient (Wildman–Crippen LogP) is 2.19. The van der Waals surface area contributed by atoms with Gasteiger partial charge in [0.25, 0.3) is 5.56 Å². The molecule has 25 heavy (non-hydrogen) atoms. The van der Waals surface area contributed by atoms with Gasteiger partial charge in [0.15, 0.2) is 11.5 Å². The first kappa shape index (κ1) is 16.6. The molecule has 0 aliphatic carbocycles. The van der Waals surface area contributed by atoms with E-state index in [0.717, 1.165) is 5.56 Å². The summed E-state index contributed by atoms with van der Waals surface area (Å²) in [6.45, 7) is 1.24. The number of benzene rings is 2. The van der Waals surface area contributed by atoms with E-state index in [1.165, 1.54) is 11.6 Å². The monoisotopic (exact) mass is 336 g/mol. The number of fused-ring (bicyclic) bond motifs is 1. The van der Waals surface area contributed by atoms with E-state index < -0.39 is 5.97 Å². The average Bonchev–Trinajstić information content (AvgIpc) is 2.63. The van der Waals surface area contributed by atoms with Gasteiger partial charge in [0, 0.05) is 5.39 Å². The second-order valence-electron chi connectivity index (χ2n) is 5.62. The third-order valence-electron chi connectivity index (χ3n) is 3.64. The number of ether oxygens (including phenoxy) is 1. The molecular weight excluding hydrogens is 320 g/mol. The van der Waals surface area contributed by atoms with Crippen LogP contribution in [0.1, 0.15) is 23.0 Å². The molecule has 6 heteroatoms. The maximum atomic E-state index is 12.7. The van der Waals surface area contributed by atoms with Crippen molar-refractivity contribution in [3.05, 3.63) is 76.2 Å². The largest absolute Gasteiger partial charge is 0.453 e. The van der Waals surface area contributed by atoms with Crippen molar-refractivity contribution < 1.29 is 14.3 Å². The van der Waals surface area contributed by atoms with E-state index in [1.54, 1.807) is 24.3 Å². The zero-order valence-electron chi connectivity index (χ0n) is 13.6. The third kappa shape index (κ3) is 3.63. The van der Waals surface area contributed by atoms with Crippen LogP contribution in [0.3, 0.4) is 0 Å². The van der Waals surface area contributed by atoms with Crippen LogP contribution in [0.4, 0.5) is 0 Å². The number of carbonyl (C=O) groups is 2. The Hall–Kier alpha value is -3.28. The van der Waals surface area contributed by atoms with Crippen LogP contribution >= 0.6 is 0 Å². The molecule has 0 saturated carbocycles. The molecule has 0 unspecified atom stereocenters. The molecular formula is C19H16N2O4. The van der Waals surface area contributed by atoms with Gasteiger partial charge in [0.1, 0.15) is 6.61 Å². The fourth-order valence-corrected chi connectivity index (χ4v) is 2.48. The highest BCUT2D eigenvalue weighted by atomic mass is 16.5. The smallest absolute Gasteiger partial charge is 0.359 e.